The summed E-state index contributed by atoms with van der Waals surface area (Å²) in [5.74, 6) is 0. The Labute approximate surface area is 369 Å². The average molecular weight is 1020 g/mol. The number of morpholine rings is 1. The zero-order valence-electron chi connectivity index (χ0n) is 34.4. The van der Waals surface area contributed by atoms with Gasteiger partial charge in [0.05, 0.1) is 71.3 Å². The van der Waals surface area contributed by atoms with Gasteiger partial charge in [0.1, 0.15) is 19.2 Å². The van der Waals surface area contributed by atoms with Crippen molar-refractivity contribution in [3.05, 3.63) is 117 Å². The summed E-state index contributed by atoms with van der Waals surface area (Å²) in [4.78, 5) is 0. The molecule has 0 N–H and O–H groups in total. The Hall–Kier alpha value is -4.82. The molecule has 378 valence electrons. The van der Waals surface area contributed by atoms with E-state index < -0.39 is 195 Å². The molecule has 0 unspecified atom stereocenters. The summed E-state index contributed by atoms with van der Waals surface area (Å²) in [6.45, 7) is 7.92. The summed E-state index contributed by atoms with van der Waals surface area (Å²) < 4.78 is 347. The summed E-state index contributed by atoms with van der Waals surface area (Å²) in [5.41, 5.74) is -30.2. The molecule has 27 heteroatoms. The third kappa shape index (κ3) is 13.1. The topological polar surface area (TPSA) is 9.23 Å². The summed E-state index contributed by atoms with van der Waals surface area (Å²) in [7, 11) is 2.35. The second-order valence-corrected chi connectivity index (χ2v) is 16.0. The molecular weight excluding hydrogens is 989 g/mol. The van der Waals surface area contributed by atoms with Gasteiger partial charge < -0.3 is 9.22 Å². The van der Waals surface area contributed by atoms with Gasteiger partial charge in [0.15, 0.2) is 0 Å². The summed E-state index contributed by atoms with van der Waals surface area (Å²) in [5, 5.41) is 0. The molecule has 1 fully saturated rings. The standard InChI is InChI=1S/C32H12BF24.C9H20NO/c34-25(35,36)13-1-14(26(37,38)39)6-21(5-13)33(22-7-15(27(40,41)42)2-16(8-22)28(43,44)45,23-9-17(29(46,47)48)3-18(10-23)30(49,50)51)24-11-19(31(52,53)54)4-20(12-24)32(55,56)57;1-3-4-5-10(2)6-8-11-9-7-10/h1-12H;3-9H2,1-2H3/q-1;+1. The molecule has 0 aliphatic carbocycles. The fourth-order valence-corrected chi connectivity index (χ4v) is 7.62. The molecule has 0 atom stereocenters. The highest BCUT2D eigenvalue weighted by molar-refractivity contribution is 7.20. The van der Waals surface area contributed by atoms with Gasteiger partial charge in [-0.25, -0.2) is 0 Å². The van der Waals surface area contributed by atoms with Crippen molar-refractivity contribution in [2.24, 2.45) is 0 Å². The Bertz CT molecular complexity index is 1960. The maximum absolute atomic E-state index is 14.2. The lowest BCUT2D eigenvalue weighted by Gasteiger charge is -2.46. The fourth-order valence-electron chi connectivity index (χ4n) is 7.62. The Morgan fingerprint density at radius 1 is 0.368 bits per heavy atom. The van der Waals surface area contributed by atoms with E-state index >= 15 is 0 Å². The molecule has 4 aromatic rings. The number of ether oxygens (including phenoxy) is 1. The molecule has 5 rings (SSSR count). The Morgan fingerprint density at radius 3 is 0.721 bits per heavy atom. The largest absolute Gasteiger partial charge is 0.416 e. The third-order valence-electron chi connectivity index (χ3n) is 11.0. The summed E-state index contributed by atoms with van der Waals surface area (Å²) in [6.07, 6.45) is -52.1. The number of benzene rings is 4. The van der Waals surface area contributed by atoms with Gasteiger partial charge >= 0.3 is 49.4 Å². The smallest absolute Gasteiger partial charge is 0.370 e. The first-order chi connectivity index (χ1) is 30.5. The quantitative estimate of drug-likeness (QED) is 0.102. The van der Waals surface area contributed by atoms with Crippen molar-refractivity contribution in [3.8, 4) is 0 Å². The molecule has 0 amide bonds. The van der Waals surface area contributed by atoms with Crippen LogP contribution in [0.2, 0.25) is 0 Å². The van der Waals surface area contributed by atoms with E-state index in [2.05, 4.69) is 14.0 Å². The van der Waals surface area contributed by atoms with E-state index in [9.17, 15) is 105 Å². The lowest BCUT2D eigenvalue weighted by atomic mass is 9.12. The highest BCUT2D eigenvalue weighted by atomic mass is 19.4. The molecule has 68 heavy (non-hydrogen) atoms. The van der Waals surface area contributed by atoms with E-state index in [0.717, 1.165) is 13.2 Å². The van der Waals surface area contributed by atoms with E-state index in [1.165, 1.54) is 37.0 Å². The minimum Gasteiger partial charge on any atom is -0.370 e. The van der Waals surface area contributed by atoms with Crippen molar-refractivity contribution in [1.82, 2.24) is 0 Å². The van der Waals surface area contributed by atoms with Crippen LogP contribution in [0.5, 0.6) is 0 Å². The normalized spacial score (nSPS) is 15.8. The Kier molecular flexibility index (Phi) is 15.4. The SMILES string of the molecule is CCCC[N+]1(C)CCOCC1.FC(F)(F)c1cc([B-](c2cc(C(F)(F)F)cc(C(F)(F)F)c2)(c2cc(C(F)(F)F)cc(C(F)(F)F)c2)c2cc(C(F)(F)F)cc(C(F)(F)F)c2)cc(C(F)(F)F)c1. The highest BCUT2D eigenvalue weighted by Crippen LogP contribution is 2.41. The molecule has 1 aliphatic heterocycles. The van der Waals surface area contributed by atoms with E-state index in [0.29, 0.717) is 0 Å². The molecule has 1 heterocycles. The minimum atomic E-state index is -6.13. The first kappa shape index (κ1) is 55.8. The Morgan fingerprint density at radius 2 is 0.559 bits per heavy atom. The van der Waals surface area contributed by atoms with Gasteiger partial charge in [0.2, 0.25) is 0 Å². The first-order valence-electron chi connectivity index (χ1n) is 19.3. The molecular formula is C41H32BF24NO. The van der Waals surface area contributed by atoms with Gasteiger partial charge in [-0.3, -0.25) is 0 Å². The molecule has 0 spiro atoms. The van der Waals surface area contributed by atoms with Crippen molar-refractivity contribution in [2.45, 2.75) is 69.2 Å². The van der Waals surface area contributed by atoms with E-state index in [1.807, 2.05) is 0 Å². The van der Waals surface area contributed by atoms with Crippen LogP contribution in [0.15, 0.2) is 72.8 Å². The monoisotopic (exact) mass is 1020 g/mol. The number of nitrogens with zero attached hydrogens (tertiary/aromatic N) is 1. The summed E-state index contributed by atoms with van der Waals surface area (Å²) >= 11 is 0. The number of quaternary nitrogens is 1. The van der Waals surface area contributed by atoms with Crippen LogP contribution < -0.4 is 21.9 Å². The number of unbranched alkanes of at least 4 members (excludes halogenated alkanes) is 1. The molecule has 0 radical (unpaired) electrons. The van der Waals surface area contributed by atoms with Crippen LogP contribution in [0.25, 0.3) is 0 Å². The van der Waals surface area contributed by atoms with Gasteiger partial charge in [-0.1, -0.05) is 61.9 Å². The van der Waals surface area contributed by atoms with Crippen LogP contribution in [0.3, 0.4) is 0 Å². The number of rotatable bonds is 7. The molecule has 4 aromatic carbocycles. The van der Waals surface area contributed by atoms with Gasteiger partial charge in [-0.05, 0) is 30.7 Å². The number of alkyl halides is 24. The number of halogens is 24. The molecule has 1 saturated heterocycles. The Balaban J connectivity index is 0.000000802. The van der Waals surface area contributed by atoms with E-state index in [-0.39, 0.29) is 0 Å². The van der Waals surface area contributed by atoms with Crippen molar-refractivity contribution in [1.29, 1.82) is 0 Å². The maximum atomic E-state index is 14.2. The van der Waals surface area contributed by atoms with Crippen molar-refractivity contribution in [3.63, 3.8) is 0 Å². The van der Waals surface area contributed by atoms with E-state index in [1.54, 1.807) is 0 Å². The molecule has 0 bridgehead atoms. The highest BCUT2D eigenvalue weighted by Gasteiger charge is 2.47. The van der Waals surface area contributed by atoms with Crippen molar-refractivity contribution >= 4 is 28.0 Å². The zero-order valence-corrected chi connectivity index (χ0v) is 34.4. The van der Waals surface area contributed by atoms with Gasteiger partial charge in [0, 0.05) is 0 Å². The predicted octanol–water partition coefficient (Wildman–Crippen LogP) is 12.5. The molecule has 2 nitrogen and oxygen atoms in total. The second-order valence-electron chi connectivity index (χ2n) is 16.0. The van der Waals surface area contributed by atoms with Crippen molar-refractivity contribution in [2.75, 3.05) is 39.9 Å². The van der Waals surface area contributed by atoms with Gasteiger partial charge in [-0.2, -0.15) is 127 Å². The summed E-state index contributed by atoms with van der Waals surface area (Å²) in [6, 6.07) is -8.81. The number of hydrogen-bond acceptors (Lipinski definition) is 1. The maximum Gasteiger partial charge on any atom is 0.416 e. The van der Waals surface area contributed by atoms with Crippen LogP contribution in [-0.4, -0.2) is 50.5 Å². The molecule has 1 aliphatic rings. The minimum absolute atomic E-state index is 0.691. The fraction of sp³-hybridized carbons (Fsp3) is 0.415. The van der Waals surface area contributed by atoms with Crippen LogP contribution in [0, 0.1) is 0 Å². The predicted molar refractivity (Wildman–Crippen MR) is 197 cm³/mol. The van der Waals surface area contributed by atoms with Gasteiger partial charge in [-0.15, -0.1) is 0 Å². The molecule has 0 aromatic heterocycles. The van der Waals surface area contributed by atoms with Crippen LogP contribution >= 0.6 is 0 Å². The van der Waals surface area contributed by atoms with Crippen LogP contribution in [0.4, 0.5) is 105 Å². The second kappa shape index (κ2) is 18.8. The first-order valence-corrected chi connectivity index (χ1v) is 19.3. The number of hydrogen-bond donors (Lipinski definition) is 0. The zero-order chi connectivity index (χ0) is 52.1. The van der Waals surface area contributed by atoms with Gasteiger partial charge in [0.25, 0.3) is 0 Å². The van der Waals surface area contributed by atoms with Crippen molar-refractivity contribution < 1.29 is 115 Å². The average Bonchev–Trinajstić information content (AvgIpc) is 3.18. The third-order valence-corrected chi connectivity index (χ3v) is 11.0. The van der Waals surface area contributed by atoms with Crippen LogP contribution in [-0.2, 0) is 54.1 Å². The number of likely N-dealkylation sites (N-methyl/N-ethyl adjacent to an activating group) is 1. The molecule has 0 saturated carbocycles. The van der Waals surface area contributed by atoms with Crippen LogP contribution in [0.1, 0.15) is 64.3 Å². The lowest BCUT2D eigenvalue weighted by Crippen LogP contribution is -2.75. The lowest BCUT2D eigenvalue weighted by molar-refractivity contribution is -0.917. The van der Waals surface area contributed by atoms with E-state index in [4.69, 9.17) is 4.74 Å².